The van der Waals surface area contributed by atoms with Gasteiger partial charge in [-0.25, -0.2) is 0 Å². The number of nitrogens with zero attached hydrogens (tertiary/aromatic N) is 2. The minimum absolute atomic E-state index is 1.16. The monoisotopic (exact) mass is 854 g/mol. The Labute approximate surface area is 376 Å². The third-order valence-electron chi connectivity index (χ3n) is 13.2. The van der Waals surface area contributed by atoms with Gasteiger partial charge < -0.3 is 9.13 Å². The van der Waals surface area contributed by atoms with Crippen molar-refractivity contribution in [2.45, 2.75) is 39.2 Å². The molecule has 0 aliphatic carbocycles. The molecule has 0 amide bonds. The minimum Gasteiger partial charge on any atom is -0.309 e. The van der Waals surface area contributed by atoms with E-state index in [9.17, 15) is 0 Å². The molecular formula is C60H42N2S2. The van der Waals surface area contributed by atoms with Gasteiger partial charge in [-0.1, -0.05) is 146 Å². The average Bonchev–Trinajstić information content (AvgIpc) is 3.89. The van der Waals surface area contributed by atoms with Crippen LogP contribution < -0.4 is 0 Å². The zero-order valence-corrected chi connectivity index (χ0v) is 36.6. The maximum absolute atomic E-state index is 2.57. The molecule has 0 bridgehead atoms. The first-order valence-electron chi connectivity index (χ1n) is 21.9. The van der Waals surface area contributed by atoms with Crippen LogP contribution in [0.2, 0.25) is 0 Å². The molecule has 0 fully saturated rings. The van der Waals surface area contributed by atoms with Crippen molar-refractivity contribution in [3.05, 3.63) is 255 Å². The molecule has 0 radical (unpaired) electrons. The second kappa shape index (κ2) is 14.5. The Kier molecular flexibility index (Phi) is 8.42. The van der Waals surface area contributed by atoms with Gasteiger partial charge in [0, 0.05) is 66.4 Å². The first-order chi connectivity index (χ1) is 31.8. The average molecular weight is 855 g/mol. The minimum atomic E-state index is -2.02. The van der Waals surface area contributed by atoms with E-state index in [2.05, 4.69) is 264 Å². The summed E-state index contributed by atoms with van der Waals surface area (Å²) in [6.45, 7) is 0. The Morgan fingerprint density at radius 1 is 0.297 bits per heavy atom. The van der Waals surface area contributed by atoms with Crippen LogP contribution >= 0.6 is 20.1 Å². The van der Waals surface area contributed by atoms with E-state index in [0.717, 1.165) is 5.69 Å². The fraction of sp³-hybridized carbons (Fsp3) is 0. The van der Waals surface area contributed by atoms with Gasteiger partial charge in [-0.05, 0) is 109 Å². The first-order valence-corrected chi connectivity index (χ1v) is 25.2. The number of aromatic nitrogens is 2. The Hall–Kier alpha value is -7.50. The third kappa shape index (κ3) is 5.12. The Bertz CT molecular complexity index is 3570. The lowest BCUT2D eigenvalue weighted by Gasteiger charge is -2.46. The van der Waals surface area contributed by atoms with E-state index in [-0.39, 0.29) is 0 Å². The van der Waals surface area contributed by atoms with Gasteiger partial charge in [-0.15, -0.1) is 20.1 Å². The van der Waals surface area contributed by atoms with Crippen molar-refractivity contribution in [3.8, 4) is 11.4 Å². The molecule has 4 heteroatoms. The highest BCUT2D eigenvalue weighted by atomic mass is 32.3. The van der Waals surface area contributed by atoms with Crippen LogP contribution in [0.5, 0.6) is 0 Å². The van der Waals surface area contributed by atoms with Crippen LogP contribution in [-0.4, -0.2) is 9.13 Å². The molecule has 0 atom stereocenters. The molecule has 64 heavy (non-hydrogen) atoms. The lowest BCUT2D eigenvalue weighted by atomic mass is 10.1. The van der Waals surface area contributed by atoms with E-state index in [1.54, 1.807) is 0 Å². The predicted molar refractivity (Wildman–Crippen MR) is 269 cm³/mol. The SMILES string of the molecule is c1ccc(S(c2ccccc2)(c2ccccc2)c2ccc3c4ccccc4n(-c4cc5c6c(c4)c4ccccc4n6-c4ccccc4S5(c4ccccc4)c4ccccc4)c3c2)cc1. The highest BCUT2D eigenvalue weighted by molar-refractivity contribution is 8.34. The van der Waals surface area contributed by atoms with Gasteiger partial charge in [-0.2, -0.15) is 0 Å². The fourth-order valence-corrected chi connectivity index (χ4v) is 18.8. The van der Waals surface area contributed by atoms with Crippen LogP contribution in [-0.2, 0) is 0 Å². The largest absolute Gasteiger partial charge is 0.309 e. The molecule has 0 saturated heterocycles. The molecule has 10 aromatic carbocycles. The summed E-state index contributed by atoms with van der Waals surface area (Å²) in [6.07, 6.45) is 0. The highest BCUT2D eigenvalue weighted by Crippen LogP contribution is 2.78. The summed E-state index contributed by atoms with van der Waals surface area (Å²) in [5, 5.41) is 5.01. The summed E-state index contributed by atoms with van der Waals surface area (Å²) in [7, 11) is -3.96. The van der Waals surface area contributed by atoms with E-state index < -0.39 is 20.1 Å². The number of rotatable bonds is 7. The maximum Gasteiger partial charge on any atom is 0.0673 e. The molecular weight excluding hydrogens is 813 g/mol. The molecule has 0 N–H and O–H groups in total. The smallest absolute Gasteiger partial charge is 0.0673 e. The summed E-state index contributed by atoms with van der Waals surface area (Å²) in [6, 6.07) is 95.7. The summed E-state index contributed by atoms with van der Waals surface area (Å²) >= 11 is 0. The van der Waals surface area contributed by atoms with Crippen molar-refractivity contribution in [2.75, 3.05) is 0 Å². The lowest BCUT2D eigenvalue weighted by molar-refractivity contribution is 1.05. The molecule has 2 nitrogen and oxygen atoms in total. The normalized spacial score (nSPS) is 13.9. The summed E-state index contributed by atoms with van der Waals surface area (Å²) in [5.74, 6) is 0. The van der Waals surface area contributed by atoms with Gasteiger partial charge in [0.15, 0.2) is 0 Å². The fourth-order valence-electron chi connectivity index (χ4n) is 10.7. The third-order valence-corrected chi connectivity index (χ3v) is 21.1. The highest BCUT2D eigenvalue weighted by Gasteiger charge is 2.42. The van der Waals surface area contributed by atoms with Gasteiger partial charge >= 0.3 is 0 Å². The molecule has 0 spiro atoms. The predicted octanol–water partition coefficient (Wildman–Crippen LogP) is 16.9. The molecule has 1 aliphatic rings. The Morgan fingerprint density at radius 2 is 0.750 bits per heavy atom. The molecule has 304 valence electrons. The van der Waals surface area contributed by atoms with Crippen molar-refractivity contribution < 1.29 is 0 Å². The van der Waals surface area contributed by atoms with Crippen molar-refractivity contribution in [1.29, 1.82) is 0 Å². The number of hydrogen-bond donors (Lipinski definition) is 0. The number of para-hydroxylation sites is 3. The Morgan fingerprint density at radius 3 is 1.33 bits per heavy atom. The van der Waals surface area contributed by atoms with Gasteiger partial charge in [-0.3, -0.25) is 0 Å². The van der Waals surface area contributed by atoms with Gasteiger partial charge in [0.25, 0.3) is 0 Å². The second-order valence-electron chi connectivity index (χ2n) is 16.5. The number of hydrogen-bond acceptors (Lipinski definition) is 0. The van der Waals surface area contributed by atoms with Crippen LogP contribution in [0.3, 0.4) is 0 Å². The quantitative estimate of drug-likeness (QED) is 0.151. The number of fused-ring (bicyclic) bond motifs is 8. The second-order valence-corrected chi connectivity index (χ2v) is 22.6. The van der Waals surface area contributed by atoms with E-state index in [1.165, 1.54) is 88.5 Å². The number of benzene rings is 10. The summed E-state index contributed by atoms with van der Waals surface area (Å²) in [4.78, 5) is 10.6. The summed E-state index contributed by atoms with van der Waals surface area (Å²) < 4.78 is 5.12. The van der Waals surface area contributed by atoms with Gasteiger partial charge in [0.1, 0.15) is 0 Å². The van der Waals surface area contributed by atoms with Gasteiger partial charge in [0.2, 0.25) is 0 Å². The molecule has 2 aromatic heterocycles. The van der Waals surface area contributed by atoms with Crippen LogP contribution in [0.25, 0.3) is 55.0 Å². The first kappa shape index (κ1) is 37.1. The van der Waals surface area contributed by atoms with Crippen molar-refractivity contribution in [2.24, 2.45) is 0 Å². The lowest BCUT2D eigenvalue weighted by Crippen LogP contribution is -2.15. The van der Waals surface area contributed by atoms with Crippen LogP contribution in [0.4, 0.5) is 0 Å². The molecule has 1 aliphatic heterocycles. The van der Waals surface area contributed by atoms with Crippen molar-refractivity contribution >= 4 is 63.7 Å². The van der Waals surface area contributed by atoms with Crippen molar-refractivity contribution in [3.63, 3.8) is 0 Å². The van der Waals surface area contributed by atoms with E-state index in [1.807, 2.05) is 0 Å². The van der Waals surface area contributed by atoms with Crippen LogP contribution in [0.1, 0.15) is 0 Å². The topological polar surface area (TPSA) is 9.86 Å². The van der Waals surface area contributed by atoms with Crippen LogP contribution in [0, 0.1) is 0 Å². The molecule has 0 saturated carbocycles. The molecule has 3 heterocycles. The maximum atomic E-state index is 2.57. The zero-order chi connectivity index (χ0) is 42.2. The zero-order valence-electron chi connectivity index (χ0n) is 35.0. The standard InChI is InChI=1S/C60H42N2S2/c1-6-22-44(23-7-1)63(45-24-8-2-9-25-45,46-26-10-3-11-27-46)49-38-39-52-50-32-16-18-34-54(50)61(57(52)42-49)43-40-53-51-33-17-19-35-55(51)62-56-36-20-21-37-58(56)64(59(41-43)60(53)62,47-28-12-4-13-29-47)48-30-14-5-15-31-48/h1-42H. The van der Waals surface area contributed by atoms with Crippen LogP contribution in [0.15, 0.2) is 294 Å². The van der Waals surface area contributed by atoms with Gasteiger partial charge in [0.05, 0.1) is 27.8 Å². The Balaban J connectivity index is 1.20. The van der Waals surface area contributed by atoms with E-state index in [0.29, 0.717) is 0 Å². The van der Waals surface area contributed by atoms with E-state index >= 15 is 0 Å². The molecule has 13 rings (SSSR count). The summed E-state index contributed by atoms with van der Waals surface area (Å²) in [5.41, 5.74) is 7.32. The molecule has 12 aromatic rings. The molecule has 0 unspecified atom stereocenters. The van der Waals surface area contributed by atoms with Crippen molar-refractivity contribution in [1.82, 2.24) is 9.13 Å². The van der Waals surface area contributed by atoms with E-state index in [4.69, 9.17) is 0 Å².